The van der Waals surface area contributed by atoms with Crippen molar-refractivity contribution < 1.29 is 13.9 Å². The summed E-state index contributed by atoms with van der Waals surface area (Å²) in [6, 6.07) is 2.89. The first-order valence-corrected chi connectivity index (χ1v) is 10.8. The van der Waals surface area contributed by atoms with Crippen molar-refractivity contribution in [3.63, 3.8) is 0 Å². The number of pyridine rings is 1. The van der Waals surface area contributed by atoms with E-state index < -0.39 is 32.8 Å². The molecule has 3 heterocycles. The Kier molecular flexibility index (Phi) is 5.81. The number of hydrogen-bond acceptors (Lipinski definition) is 8. The van der Waals surface area contributed by atoms with Gasteiger partial charge < -0.3 is 21.1 Å². The highest BCUT2D eigenvalue weighted by molar-refractivity contribution is 8.02. The fraction of sp³-hybridized carbons (Fsp3) is 0.650. The fourth-order valence-electron chi connectivity index (χ4n) is 4.06. The molecule has 0 spiro atoms. The molecule has 0 saturated heterocycles. The molecule has 5 N–H and O–H groups in total. The molecule has 8 nitrogen and oxygen atoms in total. The first-order chi connectivity index (χ1) is 13.9. The molecular weight excluding hydrogens is 407 g/mol. The Morgan fingerprint density at radius 2 is 1.97 bits per heavy atom. The normalized spacial score (nSPS) is 29.6. The highest BCUT2D eigenvalue weighted by atomic mass is 32.2. The summed E-state index contributed by atoms with van der Waals surface area (Å²) in [4.78, 5) is 21.5. The van der Waals surface area contributed by atoms with Gasteiger partial charge in [0.2, 0.25) is 0 Å². The third-order valence-corrected chi connectivity index (χ3v) is 7.42. The van der Waals surface area contributed by atoms with E-state index >= 15 is 4.39 Å². The molecule has 30 heavy (non-hydrogen) atoms. The second kappa shape index (κ2) is 7.65. The van der Waals surface area contributed by atoms with Crippen LogP contribution < -0.4 is 21.7 Å². The van der Waals surface area contributed by atoms with Crippen LogP contribution in [0.3, 0.4) is 0 Å². The van der Waals surface area contributed by atoms with Crippen LogP contribution in [0.15, 0.2) is 17.1 Å². The highest BCUT2D eigenvalue weighted by Crippen LogP contribution is 2.55. The third-order valence-electron chi connectivity index (χ3n) is 5.56. The van der Waals surface area contributed by atoms with Crippen molar-refractivity contribution in [1.29, 1.82) is 0 Å². The molecule has 1 aromatic rings. The molecule has 0 radical (unpaired) electrons. The zero-order chi connectivity index (χ0) is 22.4. The number of rotatable bonds is 4. The molecule has 3 rings (SSSR count). The molecule has 0 fully saturated rings. The average molecular weight is 439 g/mol. The van der Waals surface area contributed by atoms with Crippen molar-refractivity contribution in [2.24, 2.45) is 10.7 Å². The van der Waals surface area contributed by atoms with Crippen molar-refractivity contribution in [3.8, 4) is 0 Å². The van der Waals surface area contributed by atoms with Crippen molar-refractivity contribution >= 4 is 29.5 Å². The summed E-state index contributed by atoms with van der Waals surface area (Å²) in [7, 11) is 1.83. The zero-order valence-electron chi connectivity index (χ0n) is 18.4. The number of cyclic esters (lactones) is 1. The Morgan fingerprint density at radius 1 is 1.27 bits per heavy atom. The maximum Gasteiger partial charge on any atom is 0.414 e. The molecule has 166 valence electrons. The van der Waals surface area contributed by atoms with Gasteiger partial charge in [-0.3, -0.25) is 10.3 Å². The van der Waals surface area contributed by atoms with Crippen molar-refractivity contribution in [2.45, 2.75) is 68.3 Å². The van der Waals surface area contributed by atoms with E-state index in [9.17, 15) is 4.79 Å². The van der Waals surface area contributed by atoms with Crippen molar-refractivity contribution in [2.75, 3.05) is 18.9 Å². The number of hydrogen-bond donors (Lipinski definition) is 4. The van der Waals surface area contributed by atoms with Crippen LogP contribution in [0.25, 0.3) is 0 Å². The molecule has 0 unspecified atom stereocenters. The van der Waals surface area contributed by atoms with Crippen LogP contribution in [0.4, 0.5) is 15.0 Å². The monoisotopic (exact) mass is 438 g/mol. The molecule has 0 aromatic carbocycles. The van der Waals surface area contributed by atoms with Crippen molar-refractivity contribution in [1.82, 2.24) is 15.6 Å². The van der Waals surface area contributed by atoms with E-state index in [1.807, 2.05) is 27.8 Å². The number of fused-ring (bicyclic) bond motifs is 4. The lowest BCUT2D eigenvalue weighted by Gasteiger charge is -2.53. The van der Waals surface area contributed by atoms with Gasteiger partial charge in [-0.2, -0.15) is 0 Å². The average Bonchev–Trinajstić information content (AvgIpc) is 2.64. The maximum atomic E-state index is 15.2. The number of likely N-dealkylation sites (N-methyl/N-ethyl adjacent to an activating group) is 1. The lowest BCUT2D eigenvalue weighted by Crippen LogP contribution is -2.64. The molecule has 1 amide bonds. The Bertz CT molecular complexity index is 877. The number of anilines is 1. The summed E-state index contributed by atoms with van der Waals surface area (Å²) in [6.07, 6.45) is 0.708. The van der Waals surface area contributed by atoms with Crippen LogP contribution in [0, 0.1) is 5.82 Å². The quantitative estimate of drug-likeness (QED) is 0.572. The molecule has 0 saturated carbocycles. The summed E-state index contributed by atoms with van der Waals surface area (Å²) in [5.41, 5.74) is 3.81. The lowest BCUT2D eigenvalue weighted by atomic mass is 9.83. The number of halogens is 1. The molecule has 0 aliphatic carbocycles. The topological polar surface area (TPSA) is 114 Å². The number of nitrogens with one attached hydrogen (secondary N) is 3. The SMILES string of the molecule is CN[C@]1(CCCN)SC(C)(C)C2=N[C@]1(C)c1nc(ccc1F)NC(C)(C)OC(=O)N2. The van der Waals surface area contributed by atoms with E-state index in [0.717, 1.165) is 0 Å². The van der Waals surface area contributed by atoms with Crippen molar-refractivity contribution in [3.05, 3.63) is 23.6 Å². The minimum Gasteiger partial charge on any atom is -0.423 e. The van der Waals surface area contributed by atoms with Crippen LogP contribution >= 0.6 is 11.8 Å². The number of aliphatic imine (C=N–C) groups is 1. The maximum absolute atomic E-state index is 15.2. The first-order valence-electron chi connectivity index (χ1n) is 10.0. The van der Waals surface area contributed by atoms with E-state index in [4.69, 9.17) is 15.5 Å². The lowest BCUT2D eigenvalue weighted by molar-refractivity contribution is 0.0623. The van der Waals surface area contributed by atoms with Gasteiger partial charge in [0.05, 0.1) is 9.62 Å². The van der Waals surface area contributed by atoms with Gasteiger partial charge in [-0.05, 0) is 73.2 Å². The second-order valence-corrected chi connectivity index (χ2v) is 10.7. The number of aromatic nitrogens is 1. The summed E-state index contributed by atoms with van der Waals surface area (Å²) >= 11 is 1.58. The van der Waals surface area contributed by atoms with Crippen LogP contribution in [0.5, 0.6) is 0 Å². The van der Waals surface area contributed by atoms with Crippen LogP contribution in [-0.4, -0.2) is 45.8 Å². The van der Waals surface area contributed by atoms with Gasteiger partial charge in [-0.15, -0.1) is 11.8 Å². The van der Waals surface area contributed by atoms with Crippen LogP contribution in [-0.2, 0) is 10.3 Å². The van der Waals surface area contributed by atoms with Gasteiger partial charge in [-0.1, -0.05) is 0 Å². The minimum atomic E-state index is -1.13. The van der Waals surface area contributed by atoms with Gasteiger partial charge >= 0.3 is 6.09 Å². The number of nitrogens with two attached hydrogens (primary N) is 1. The number of ether oxygens (including phenoxy) is 1. The van der Waals surface area contributed by atoms with Gasteiger partial charge in [0.25, 0.3) is 0 Å². The number of nitrogens with zero attached hydrogens (tertiary/aromatic N) is 2. The van der Waals surface area contributed by atoms with Gasteiger partial charge in [0.1, 0.15) is 28.7 Å². The molecule has 2 atom stereocenters. The minimum absolute atomic E-state index is 0.186. The number of carbonyl (C=O) groups is 1. The van der Waals surface area contributed by atoms with Gasteiger partial charge in [0.15, 0.2) is 5.72 Å². The predicted molar refractivity (Wildman–Crippen MR) is 118 cm³/mol. The molecule has 10 heteroatoms. The molecule has 2 aliphatic heterocycles. The standard InChI is InChI=1S/C20H31FN6O2S/c1-17(2)15-25-16(28)29-18(3,4)26-13-9-8-12(21)14(24-13)19(5,27-15)20(23-6,30-17)10-7-11-22/h8-9,23H,7,10-11,22H2,1-6H3,(H,24,26)(H,25,27,28)/t19-,20-/m1/s1. The van der Waals surface area contributed by atoms with E-state index in [1.165, 1.54) is 12.1 Å². The van der Waals surface area contributed by atoms with Gasteiger partial charge in [-0.25, -0.2) is 14.2 Å². The third kappa shape index (κ3) is 3.88. The number of amidine groups is 1. The second-order valence-electron chi connectivity index (χ2n) is 8.79. The zero-order valence-corrected chi connectivity index (χ0v) is 19.2. The Balaban J connectivity index is 2.32. The fourth-order valence-corrected chi connectivity index (χ4v) is 5.81. The number of amides is 1. The van der Waals surface area contributed by atoms with E-state index in [1.54, 1.807) is 25.6 Å². The summed E-state index contributed by atoms with van der Waals surface area (Å²) < 4.78 is 20.2. The van der Waals surface area contributed by atoms with Gasteiger partial charge in [0, 0.05) is 0 Å². The molecule has 4 bridgehead atoms. The Hall–Kier alpha value is -1.91. The van der Waals surface area contributed by atoms with Crippen LogP contribution in [0.2, 0.25) is 0 Å². The van der Waals surface area contributed by atoms with Crippen LogP contribution in [0.1, 0.15) is 53.2 Å². The first kappa shape index (κ1) is 22.8. The van der Waals surface area contributed by atoms with E-state index in [2.05, 4.69) is 20.9 Å². The smallest absolute Gasteiger partial charge is 0.414 e. The highest BCUT2D eigenvalue weighted by Gasteiger charge is 2.58. The molecule has 1 aromatic heterocycles. The largest absolute Gasteiger partial charge is 0.423 e. The predicted octanol–water partition coefficient (Wildman–Crippen LogP) is 2.90. The van der Waals surface area contributed by atoms with E-state index in [-0.39, 0.29) is 5.69 Å². The number of alkyl carbamates (subject to hydrolysis) is 1. The summed E-state index contributed by atoms with van der Waals surface area (Å²) in [5, 5.41) is 9.25. The Labute approximate surface area is 181 Å². The number of thioether (sulfide) groups is 1. The molecule has 2 aliphatic rings. The Morgan fingerprint density at radius 3 is 2.60 bits per heavy atom. The van der Waals surface area contributed by atoms with E-state index in [0.29, 0.717) is 31.0 Å². The summed E-state index contributed by atoms with van der Waals surface area (Å²) in [5.74, 6) is 0.328. The molecular formula is C20H31FN6O2S. The summed E-state index contributed by atoms with van der Waals surface area (Å²) in [6.45, 7) is 9.66. The number of carbonyl (C=O) groups excluding carboxylic acids is 1.